The van der Waals surface area contributed by atoms with E-state index in [1.807, 2.05) is 6.07 Å². The molecule has 0 atom stereocenters. The molecule has 0 aliphatic carbocycles. The van der Waals surface area contributed by atoms with Gasteiger partial charge in [0.15, 0.2) is 0 Å². The number of benzene rings is 1. The van der Waals surface area contributed by atoms with E-state index in [1.165, 1.54) is 5.56 Å². The van der Waals surface area contributed by atoms with Gasteiger partial charge in [-0.25, -0.2) is 0 Å². The molecule has 1 aromatic rings. The minimum absolute atomic E-state index is 0.387. The van der Waals surface area contributed by atoms with Crippen molar-refractivity contribution in [2.24, 2.45) is 0 Å². The van der Waals surface area contributed by atoms with Gasteiger partial charge in [0.05, 0.1) is 0 Å². The first-order valence-electron chi connectivity index (χ1n) is 4.79. The third kappa shape index (κ3) is 2.74. The summed E-state index contributed by atoms with van der Waals surface area (Å²) in [4.78, 5) is 0. The molecule has 2 heteroatoms. The van der Waals surface area contributed by atoms with Gasteiger partial charge < -0.3 is 10.4 Å². The molecule has 13 heavy (non-hydrogen) atoms. The summed E-state index contributed by atoms with van der Waals surface area (Å²) in [5, 5.41) is 12.7. The van der Waals surface area contributed by atoms with Crippen molar-refractivity contribution >= 4 is 0 Å². The van der Waals surface area contributed by atoms with Crippen molar-refractivity contribution in [3.05, 3.63) is 29.3 Å². The zero-order valence-corrected chi connectivity index (χ0v) is 8.30. The fourth-order valence-electron chi connectivity index (χ4n) is 1.26. The highest BCUT2D eigenvalue weighted by Crippen LogP contribution is 2.18. The van der Waals surface area contributed by atoms with Gasteiger partial charge in [0.25, 0.3) is 0 Å². The van der Waals surface area contributed by atoms with Gasteiger partial charge in [0, 0.05) is 12.1 Å². The van der Waals surface area contributed by atoms with Gasteiger partial charge in [-0.05, 0) is 24.6 Å². The van der Waals surface area contributed by atoms with Crippen molar-refractivity contribution < 1.29 is 5.11 Å². The molecular weight excluding hydrogens is 162 g/mol. The van der Waals surface area contributed by atoms with Crippen LogP contribution in [0.5, 0.6) is 5.75 Å². The minimum atomic E-state index is 0.387. The Hall–Kier alpha value is -1.02. The Kier molecular flexibility index (Phi) is 3.77. The summed E-state index contributed by atoms with van der Waals surface area (Å²) in [6.07, 6.45) is 1.01. The molecule has 0 radical (unpaired) electrons. The Morgan fingerprint density at radius 3 is 2.69 bits per heavy atom. The summed E-state index contributed by atoms with van der Waals surface area (Å²) in [5.41, 5.74) is 2.26. The second kappa shape index (κ2) is 4.87. The van der Waals surface area contributed by atoms with Crippen molar-refractivity contribution in [2.45, 2.75) is 26.8 Å². The lowest BCUT2D eigenvalue weighted by Crippen LogP contribution is -2.11. The summed E-state index contributed by atoms with van der Waals surface area (Å²) < 4.78 is 0. The standard InChI is InChI=1S/C11H17NO/c1-3-9-5-6-11(13)10(7-9)8-12-4-2/h5-7,12-13H,3-4,8H2,1-2H3. The van der Waals surface area contributed by atoms with Gasteiger partial charge in [-0.15, -0.1) is 0 Å². The summed E-state index contributed by atoms with van der Waals surface area (Å²) in [7, 11) is 0. The first-order chi connectivity index (χ1) is 6.27. The molecule has 2 nitrogen and oxygen atoms in total. The van der Waals surface area contributed by atoms with E-state index in [2.05, 4.69) is 25.2 Å². The predicted molar refractivity (Wildman–Crippen MR) is 54.9 cm³/mol. The van der Waals surface area contributed by atoms with Gasteiger partial charge in [0.1, 0.15) is 5.75 Å². The van der Waals surface area contributed by atoms with Crippen LogP contribution in [0.15, 0.2) is 18.2 Å². The maximum atomic E-state index is 9.52. The molecule has 0 aromatic heterocycles. The number of nitrogens with one attached hydrogen (secondary N) is 1. The SMILES string of the molecule is CCNCc1cc(CC)ccc1O. The van der Waals surface area contributed by atoms with Crippen molar-refractivity contribution in [2.75, 3.05) is 6.54 Å². The molecule has 0 heterocycles. The Morgan fingerprint density at radius 1 is 1.31 bits per heavy atom. The van der Waals surface area contributed by atoms with Crippen LogP contribution in [0, 0.1) is 0 Å². The Morgan fingerprint density at radius 2 is 2.08 bits per heavy atom. The van der Waals surface area contributed by atoms with Crippen molar-refractivity contribution in [3.63, 3.8) is 0 Å². The van der Waals surface area contributed by atoms with E-state index in [-0.39, 0.29) is 0 Å². The lowest BCUT2D eigenvalue weighted by Gasteiger charge is -2.06. The first-order valence-corrected chi connectivity index (χ1v) is 4.79. The third-order valence-electron chi connectivity index (χ3n) is 2.12. The predicted octanol–water partition coefficient (Wildman–Crippen LogP) is 2.06. The summed E-state index contributed by atoms with van der Waals surface area (Å²) in [6.45, 7) is 5.84. The molecule has 0 fully saturated rings. The number of hydrogen-bond donors (Lipinski definition) is 2. The topological polar surface area (TPSA) is 32.3 Å². The summed E-state index contributed by atoms with van der Waals surface area (Å²) in [6, 6.07) is 5.79. The normalized spacial score (nSPS) is 10.3. The molecule has 0 saturated carbocycles. The average molecular weight is 179 g/mol. The number of aromatic hydroxyl groups is 1. The van der Waals surface area contributed by atoms with Gasteiger partial charge >= 0.3 is 0 Å². The first kappa shape index (κ1) is 10.1. The number of hydrogen-bond acceptors (Lipinski definition) is 2. The highest BCUT2D eigenvalue weighted by molar-refractivity contribution is 5.36. The Labute approximate surface area is 79.6 Å². The fourth-order valence-corrected chi connectivity index (χ4v) is 1.26. The van der Waals surface area contributed by atoms with Crippen LogP contribution in [0.3, 0.4) is 0 Å². The highest BCUT2D eigenvalue weighted by Gasteiger charge is 2.00. The van der Waals surface area contributed by atoms with Crippen LogP contribution in [-0.4, -0.2) is 11.7 Å². The quantitative estimate of drug-likeness (QED) is 0.741. The van der Waals surface area contributed by atoms with E-state index in [1.54, 1.807) is 6.07 Å². The number of aryl methyl sites for hydroxylation is 1. The van der Waals surface area contributed by atoms with Gasteiger partial charge in [-0.3, -0.25) is 0 Å². The zero-order chi connectivity index (χ0) is 9.68. The summed E-state index contributed by atoms with van der Waals surface area (Å²) in [5.74, 6) is 0.387. The minimum Gasteiger partial charge on any atom is -0.508 e. The lowest BCUT2D eigenvalue weighted by molar-refractivity contribution is 0.465. The molecule has 1 aromatic carbocycles. The van der Waals surface area contributed by atoms with Crippen molar-refractivity contribution in [1.82, 2.24) is 5.32 Å². The molecule has 2 N–H and O–H groups in total. The maximum Gasteiger partial charge on any atom is 0.120 e. The van der Waals surface area contributed by atoms with E-state index in [0.29, 0.717) is 5.75 Å². The molecule has 1 rings (SSSR count). The van der Waals surface area contributed by atoms with Crippen LogP contribution in [0.4, 0.5) is 0 Å². The van der Waals surface area contributed by atoms with Crippen LogP contribution in [-0.2, 0) is 13.0 Å². The fraction of sp³-hybridized carbons (Fsp3) is 0.455. The highest BCUT2D eigenvalue weighted by atomic mass is 16.3. The summed E-state index contributed by atoms with van der Waals surface area (Å²) >= 11 is 0. The molecule has 0 aliphatic heterocycles. The lowest BCUT2D eigenvalue weighted by atomic mass is 10.1. The molecule has 0 unspecified atom stereocenters. The van der Waals surface area contributed by atoms with Crippen molar-refractivity contribution in [3.8, 4) is 5.75 Å². The zero-order valence-electron chi connectivity index (χ0n) is 8.30. The van der Waals surface area contributed by atoms with Gasteiger partial charge in [0.2, 0.25) is 0 Å². The van der Waals surface area contributed by atoms with E-state index in [0.717, 1.165) is 25.1 Å². The van der Waals surface area contributed by atoms with Gasteiger partial charge in [-0.1, -0.05) is 26.0 Å². The van der Waals surface area contributed by atoms with Crippen molar-refractivity contribution in [1.29, 1.82) is 0 Å². The third-order valence-corrected chi connectivity index (χ3v) is 2.12. The monoisotopic (exact) mass is 179 g/mol. The van der Waals surface area contributed by atoms with E-state index in [9.17, 15) is 5.11 Å². The Balaban J connectivity index is 2.78. The van der Waals surface area contributed by atoms with Crippen LogP contribution in [0.1, 0.15) is 25.0 Å². The van der Waals surface area contributed by atoms with Crippen LogP contribution >= 0.6 is 0 Å². The van der Waals surface area contributed by atoms with E-state index in [4.69, 9.17) is 0 Å². The van der Waals surface area contributed by atoms with Gasteiger partial charge in [-0.2, -0.15) is 0 Å². The largest absolute Gasteiger partial charge is 0.508 e. The molecule has 0 bridgehead atoms. The Bertz CT molecular complexity index is 271. The maximum absolute atomic E-state index is 9.52. The molecule has 0 saturated heterocycles. The molecule has 72 valence electrons. The second-order valence-electron chi connectivity index (χ2n) is 3.10. The second-order valence-corrected chi connectivity index (χ2v) is 3.10. The molecule has 0 aliphatic rings. The number of phenols is 1. The van der Waals surface area contributed by atoms with Crippen LogP contribution in [0.2, 0.25) is 0 Å². The van der Waals surface area contributed by atoms with Crippen LogP contribution < -0.4 is 5.32 Å². The molecule has 0 amide bonds. The van der Waals surface area contributed by atoms with Crippen LogP contribution in [0.25, 0.3) is 0 Å². The number of rotatable bonds is 4. The smallest absolute Gasteiger partial charge is 0.120 e. The van der Waals surface area contributed by atoms with E-state index < -0.39 is 0 Å². The average Bonchev–Trinajstić information content (AvgIpc) is 2.17. The molecule has 0 spiro atoms. The molecular formula is C11H17NO. The number of phenolic OH excluding ortho intramolecular Hbond substituents is 1. The van der Waals surface area contributed by atoms with E-state index >= 15 is 0 Å².